The van der Waals surface area contributed by atoms with E-state index in [9.17, 15) is 9.59 Å². The van der Waals surface area contributed by atoms with E-state index in [0.29, 0.717) is 11.3 Å². The van der Waals surface area contributed by atoms with Gasteiger partial charge in [-0.15, -0.1) is 0 Å². The minimum atomic E-state index is -0.706. The van der Waals surface area contributed by atoms with E-state index in [4.69, 9.17) is 14.7 Å². The van der Waals surface area contributed by atoms with Gasteiger partial charge in [-0.3, -0.25) is 0 Å². The average Bonchev–Trinajstić information content (AvgIpc) is 2.51. The molecule has 0 aliphatic carbocycles. The summed E-state index contributed by atoms with van der Waals surface area (Å²) in [7, 11) is 2.91. The summed E-state index contributed by atoms with van der Waals surface area (Å²) in [6, 6.07) is 8.50. The first kappa shape index (κ1) is 16.2. The van der Waals surface area contributed by atoms with Crippen LogP contribution in [0.4, 0.5) is 5.69 Å². The number of benzene rings is 1. The van der Waals surface area contributed by atoms with Crippen LogP contribution in [0.3, 0.4) is 0 Å². The second-order valence-electron chi connectivity index (χ2n) is 3.99. The molecule has 0 saturated heterocycles. The number of ether oxygens (including phenoxy) is 2. The number of rotatable bonds is 5. The number of anilines is 1. The molecule has 110 valence electrons. The topological polar surface area (TPSA) is 79.6 Å². The maximum atomic E-state index is 11.7. The molecule has 1 rings (SSSR count). The van der Waals surface area contributed by atoms with Gasteiger partial charge >= 0.3 is 11.9 Å². The fourth-order valence-electron chi connectivity index (χ4n) is 1.66. The van der Waals surface area contributed by atoms with Crippen molar-refractivity contribution >= 4 is 17.6 Å². The second-order valence-corrected chi connectivity index (χ2v) is 3.99. The number of methoxy groups -OCH3 is 1. The summed E-state index contributed by atoms with van der Waals surface area (Å²) in [6.45, 7) is 1.84. The SMILES string of the molecule is CCOC(=O)C(C#N)=CN(C)c1ccccc1C(=O)OC. The number of carbonyl (C=O) groups is 2. The largest absolute Gasteiger partial charge is 0.465 e. The molecule has 0 aliphatic rings. The Bertz CT molecular complexity index is 602. The summed E-state index contributed by atoms with van der Waals surface area (Å²) in [5.41, 5.74) is 0.695. The van der Waals surface area contributed by atoms with Crippen molar-refractivity contribution in [1.82, 2.24) is 0 Å². The molecule has 0 amide bonds. The highest BCUT2D eigenvalue weighted by Crippen LogP contribution is 2.21. The molecule has 0 spiro atoms. The van der Waals surface area contributed by atoms with Gasteiger partial charge in [0.05, 0.1) is 25.0 Å². The van der Waals surface area contributed by atoms with Crippen LogP contribution in [0.15, 0.2) is 36.0 Å². The third-order valence-corrected chi connectivity index (χ3v) is 2.63. The van der Waals surface area contributed by atoms with Crippen LogP contribution in [0.2, 0.25) is 0 Å². The Morgan fingerprint density at radius 2 is 2.05 bits per heavy atom. The number of hydrogen-bond donors (Lipinski definition) is 0. The van der Waals surface area contributed by atoms with E-state index in [0.717, 1.165) is 0 Å². The van der Waals surface area contributed by atoms with Crippen molar-refractivity contribution in [2.24, 2.45) is 0 Å². The minimum Gasteiger partial charge on any atom is -0.465 e. The minimum absolute atomic E-state index is 0.154. The van der Waals surface area contributed by atoms with Crippen LogP contribution in [0.1, 0.15) is 17.3 Å². The van der Waals surface area contributed by atoms with Crippen molar-refractivity contribution in [2.45, 2.75) is 6.92 Å². The summed E-state index contributed by atoms with van der Waals surface area (Å²) < 4.78 is 9.48. The number of hydrogen-bond acceptors (Lipinski definition) is 6. The molecule has 21 heavy (non-hydrogen) atoms. The normalized spacial score (nSPS) is 10.5. The summed E-state index contributed by atoms with van der Waals surface area (Å²) in [5, 5.41) is 9.01. The first-order valence-corrected chi connectivity index (χ1v) is 6.24. The summed E-state index contributed by atoms with van der Waals surface area (Å²) in [6.07, 6.45) is 1.32. The Labute approximate surface area is 123 Å². The van der Waals surface area contributed by atoms with Crippen LogP contribution in [0, 0.1) is 11.3 Å². The molecule has 0 bridgehead atoms. The van der Waals surface area contributed by atoms with Gasteiger partial charge in [0.25, 0.3) is 0 Å². The van der Waals surface area contributed by atoms with E-state index in [-0.39, 0.29) is 12.2 Å². The fourth-order valence-corrected chi connectivity index (χ4v) is 1.66. The number of nitriles is 1. The lowest BCUT2D eigenvalue weighted by Crippen LogP contribution is -2.17. The van der Waals surface area contributed by atoms with Gasteiger partial charge in [0.1, 0.15) is 6.07 Å². The molecule has 0 atom stereocenters. The van der Waals surface area contributed by atoms with Crippen molar-refractivity contribution in [3.8, 4) is 6.07 Å². The Kier molecular flexibility index (Phi) is 5.96. The summed E-state index contributed by atoms with van der Waals surface area (Å²) in [5.74, 6) is -1.21. The third-order valence-electron chi connectivity index (χ3n) is 2.63. The van der Waals surface area contributed by atoms with Gasteiger partial charge in [-0.2, -0.15) is 5.26 Å². The Morgan fingerprint density at radius 1 is 1.38 bits per heavy atom. The zero-order valence-electron chi connectivity index (χ0n) is 12.1. The van der Waals surface area contributed by atoms with Gasteiger partial charge in [0.2, 0.25) is 0 Å². The standard InChI is InChI=1S/C15H16N2O4/c1-4-21-14(18)11(9-16)10-17(2)13-8-6-5-7-12(13)15(19)20-3/h5-8,10H,4H2,1-3H3. The van der Waals surface area contributed by atoms with Crippen LogP contribution in [0.25, 0.3) is 0 Å². The van der Waals surface area contributed by atoms with Crippen LogP contribution >= 0.6 is 0 Å². The van der Waals surface area contributed by atoms with Gasteiger partial charge in [0, 0.05) is 13.2 Å². The number of para-hydroxylation sites is 1. The van der Waals surface area contributed by atoms with Gasteiger partial charge < -0.3 is 14.4 Å². The molecule has 0 aromatic heterocycles. The van der Waals surface area contributed by atoms with E-state index in [1.165, 1.54) is 18.2 Å². The molecular weight excluding hydrogens is 272 g/mol. The molecule has 6 nitrogen and oxygen atoms in total. The van der Waals surface area contributed by atoms with Crippen LogP contribution in [-0.2, 0) is 14.3 Å². The Balaban J connectivity index is 3.14. The first-order valence-electron chi connectivity index (χ1n) is 6.24. The Hall–Kier alpha value is -2.81. The number of nitrogens with zero attached hydrogens (tertiary/aromatic N) is 2. The molecule has 0 heterocycles. The van der Waals surface area contributed by atoms with Gasteiger partial charge in [-0.1, -0.05) is 12.1 Å². The molecule has 0 fully saturated rings. The highest BCUT2D eigenvalue weighted by atomic mass is 16.5. The smallest absolute Gasteiger partial charge is 0.350 e. The lowest BCUT2D eigenvalue weighted by molar-refractivity contribution is -0.138. The maximum absolute atomic E-state index is 11.7. The molecule has 0 saturated carbocycles. The monoisotopic (exact) mass is 288 g/mol. The number of carbonyl (C=O) groups excluding carboxylic acids is 2. The second kappa shape index (κ2) is 7.70. The molecule has 0 radical (unpaired) electrons. The van der Waals surface area contributed by atoms with E-state index in [1.807, 2.05) is 0 Å². The maximum Gasteiger partial charge on any atom is 0.350 e. The molecule has 1 aromatic rings. The van der Waals surface area contributed by atoms with Gasteiger partial charge in [-0.25, -0.2) is 9.59 Å². The zero-order chi connectivity index (χ0) is 15.8. The van der Waals surface area contributed by atoms with E-state index in [2.05, 4.69) is 0 Å². The molecule has 0 unspecified atom stereocenters. The van der Waals surface area contributed by atoms with Crippen LogP contribution < -0.4 is 4.90 Å². The predicted octanol–water partition coefficient (Wildman–Crippen LogP) is 1.88. The van der Waals surface area contributed by atoms with E-state index < -0.39 is 11.9 Å². The molecular formula is C15H16N2O4. The predicted molar refractivity (Wildman–Crippen MR) is 76.5 cm³/mol. The molecule has 0 N–H and O–H groups in total. The van der Waals surface area contributed by atoms with E-state index >= 15 is 0 Å². The Morgan fingerprint density at radius 3 is 2.62 bits per heavy atom. The lowest BCUT2D eigenvalue weighted by atomic mass is 10.1. The summed E-state index contributed by atoms with van der Waals surface area (Å²) in [4.78, 5) is 24.8. The summed E-state index contributed by atoms with van der Waals surface area (Å²) >= 11 is 0. The average molecular weight is 288 g/mol. The fraction of sp³-hybridized carbons (Fsp3) is 0.267. The van der Waals surface area contributed by atoms with Crippen molar-refractivity contribution in [3.63, 3.8) is 0 Å². The molecule has 6 heteroatoms. The lowest BCUT2D eigenvalue weighted by Gasteiger charge is -2.17. The van der Waals surface area contributed by atoms with Gasteiger partial charge in [0.15, 0.2) is 5.57 Å². The van der Waals surface area contributed by atoms with Crippen molar-refractivity contribution in [2.75, 3.05) is 25.7 Å². The van der Waals surface area contributed by atoms with Crippen molar-refractivity contribution < 1.29 is 19.1 Å². The van der Waals surface area contributed by atoms with E-state index in [1.54, 1.807) is 44.3 Å². The van der Waals surface area contributed by atoms with Gasteiger partial charge in [-0.05, 0) is 19.1 Å². The van der Waals surface area contributed by atoms with Crippen LogP contribution in [0.5, 0.6) is 0 Å². The third kappa shape index (κ3) is 4.08. The molecule has 0 aliphatic heterocycles. The highest BCUT2D eigenvalue weighted by molar-refractivity contribution is 5.97. The zero-order valence-corrected chi connectivity index (χ0v) is 12.1. The van der Waals surface area contributed by atoms with Crippen LogP contribution in [-0.4, -0.2) is 32.7 Å². The van der Waals surface area contributed by atoms with Crippen molar-refractivity contribution in [1.29, 1.82) is 5.26 Å². The highest BCUT2D eigenvalue weighted by Gasteiger charge is 2.16. The number of esters is 2. The first-order chi connectivity index (χ1) is 10.0. The quantitative estimate of drug-likeness (QED) is 0.467. The van der Waals surface area contributed by atoms with Crippen molar-refractivity contribution in [3.05, 3.63) is 41.6 Å². The molecule has 1 aromatic carbocycles.